The van der Waals surface area contributed by atoms with Gasteiger partial charge in [0.15, 0.2) is 5.82 Å². The van der Waals surface area contributed by atoms with Crippen molar-refractivity contribution in [3.8, 4) is 0 Å². The van der Waals surface area contributed by atoms with Gasteiger partial charge in [0.05, 0.1) is 6.54 Å². The van der Waals surface area contributed by atoms with E-state index < -0.39 is 15.9 Å². The highest BCUT2D eigenvalue weighted by Crippen LogP contribution is 2.20. The Bertz CT molecular complexity index is 521. The lowest BCUT2D eigenvalue weighted by atomic mass is 10.6. The molecule has 1 rings (SSSR count). The number of nitrogens with two attached hydrogens (primary N) is 2. The summed E-state index contributed by atoms with van der Waals surface area (Å²) in [4.78, 5) is 10.7. The molecule has 0 aliphatic rings. The van der Waals surface area contributed by atoms with Crippen LogP contribution in [0.2, 0.25) is 0 Å². The molecule has 1 aromatic rings. The van der Waals surface area contributed by atoms with Crippen molar-refractivity contribution in [3.63, 3.8) is 0 Å². The number of rotatable bonds is 5. The van der Waals surface area contributed by atoms with Gasteiger partial charge < -0.3 is 11.5 Å². The fraction of sp³-hybridized carbons (Fsp3) is 0.500. The summed E-state index contributed by atoms with van der Waals surface area (Å²) in [6.45, 7) is 1.35. The fourth-order valence-corrected chi connectivity index (χ4v) is 2.87. The van der Waals surface area contributed by atoms with Gasteiger partial charge >= 0.3 is 0 Å². The maximum absolute atomic E-state index is 12.1. The summed E-state index contributed by atoms with van der Waals surface area (Å²) in [5.74, 6) is -0.826. The van der Waals surface area contributed by atoms with Crippen molar-refractivity contribution in [2.75, 3.05) is 18.8 Å². The molecule has 1 amide bonds. The van der Waals surface area contributed by atoms with Crippen molar-refractivity contribution in [1.29, 1.82) is 0 Å². The molecule has 0 saturated carbocycles. The van der Waals surface area contributed by atoms with E-state index in [1.54, 1.807) is 14.0 Å². The second-order valence-electron chi connectivity index (χ2n) is 3.45. The van der Waals surface area contributed by atoms with Crippen LogP contribution in [-0.2, 0) is 21.9 Å². The summed E-state index contributed by atoms with van der Waals surface area (Å²) < 4.78 is 26.5. The number of sulfonamides is 1. The summed E-state index contributed by atoms with van der Waals surface area (Å²) in [6, 6.07) is 0. The van der Waals surface area contributed by atoms with Gasteiger partial charge in [0.2, 0.25) is 15.9 Å². The number of carbonyl (C=O) groups excluding carboxylic acids is 1. The first kappa shape index (κ1) is 13.5. The molecule has 1 aromatic heterocycles. The Kier molecular flexibility index (Phi) is 3.73. The third kappa shape index (κ3) is 2.74. The molecule has 96 valence electrons. The lowest BCUT2D eigenvalue weighted by Gasteiger charge is -2.17. The van der Waals surface area contributed by atoms with E-state index in [-0.39, 0.29) is 23.8 Å². The molecule has 4 N–H and O–H groups in total. The van der Waals surface area contributed by atoms with Crippen molar-refractivity contribution < 1.29 is 13.2 Å². The van der Waals surface area contributed by atoms with Crippen LogP contribution in [0, 0.1) is 0 Å². The molecule has 0 fully saturated rings. The minimum Gasteiger partial charge on any atom is -0.381 e. The van der Waals surface area contributed by atoms with Gasteiger partial charge in [-0.1, -0.05) is 6.92 Å². The number of nitrogen functional groups attached to an aromatic ring is 1. The first-order valence-electron chi connectivity index (χ1n) is 4.86. The Morgan fingerprint density at radius 2 is 2.18 bits per heavy atom. The highest BCUT2D eigenvalue weighted by atomic mass is 32.2. The van der Waals surface area contributed by atoms with Gasteiger partial charge in [0.1, 0.15) is 4.90 Å². The third-order valence-electron chi connectivity index (χ3n) is 2.12. The maximum Gasteiger partial charge on any atom is 0.248 e. The summed E-state index contributed by atoms with van der Waals surface area (Å²) in [6.07, 6.45) is 1.29. The van der Waals surface area contributed by atoms with Gasteiger partial charge in [0, 0.05) is 19.8 Å². The number of primary amides is 1. The van der Waals surface area contributed by atoms with E-state index >= 15 is 0 Å². The lowest BCUT2D eigenvalue weighted by Crippen LogP contribution is -2.38. The number of aryl methyl sites for hydroxylation is 1. The number of anilines is 1. The minimum atomic E-state index is -3.83. The van der Waals surface area contributed by atoms with Crippen LogP contribution in [-0.4, -0.2) is 41.5 Å². The second kappa shape index (κ2) is 4.72. The molecule has 1 heterocycles. The smallest absolute Gasteiger partial charge is 0.248 e. The molecule has 0 unspecified atom stereocenters. The number of amides is 1. The van der Waals surface area contributed by atoms with Crippen molar-refractivity contribution in [3.05, 3.63) is 6.20 Å². The van der Waals surface area contributed by atoms with Gasteiger partial charge in [-0.15, -0.1) is 0 Å². The summed E-state index contributed by atoms with van der Waals surface area (Å²) >= 11 is 0. The molecule has 0 aromatic carbocycles. The molecular weight excluding hydrogens is 246 g/mol. The van der Waals surface area contributed by atoms with Crippen LogP contribution in [0.25, 0.3) is 0 Å². The summed E-state index contributed by atoms with van der Waals surface area (Å²) in [5, 5.41) is 3.75. The number of aromatic nitrogens is 2. The monoisotopic (exact) mass is 261 g/mol. The molecule has 0 aliphatic carbocycles. The van der Waals surface area contributed by atoms with Crippen molar-refractivity contribution in [1.82, 2.24) is 14.1 Å². The largest absolute Gasteiger partial charge is 0.381 e. The summed E-state index contributed by atoms with van der Waals surface area (Å²) in [5.41, 5.74) is 10.5. The molecule has 0 saturated heterocycles. The fourth-order valence-electron chi connectivity index (χ4n) is 1.36. The predicted octanol–water partition coefficient (Wildman–Crippen LogP) is -1.50. The Balaban J connectivity index is 3.17. The Morgan fingerprint density at radius 1 is 1.59 bits per heavy atom. The average Bonchev–Trinajstić information content (AvgIpc) is 2.54. The zero-order valence-corrected chi connectivity index (χ0v) is 10.4. The molecule has 8 nitrogen and oxygen atoms in total. The van der Waals surface area contributed by atoms with Crippen LogP contribution in [0.15, 0.2) is 11.1 Å². The van der Waals surface area contributed by atoms with E-state index in [0.717, 1.165) is 4.31 Å². The molecule has 0 radical (unpaired) electrons. The maximum atomic E-state index is 12.1. The van der Waals surface area contributed by atoms with Gasteiger partial charge in [-0.3, -0.25) is 9.48 Å². The topological polar surface area (TPSA) is 124 Å². The average molecular weight is 261 g/mol. The molecule has 17 heavy (non-hydrogen) atoms. The highest BCUT2D eigenvalue weighted by Gasteiger charge is 2.28. The first-order valence-corrected chi connectivity index (χ1v) is 6.30. The van der Waals surface area contributed by atoms with Crippen LogP contribution in [0.5, 0.6) is 0 Å². The number of carbonyl (C=O) groups is 1. The number of hydrogen-bond donors (Lipinski definition) is 2. The van der Waals surface area contributed by atoms with Crippen LogP contribution in [0.4, 0.5) is 5.82 Å². The summed E-state index contributed by atoms with van der Waals surface area (Å²) in [7, 11) is -2.28. The van der Waals surface area contributed by atoms with E-state index in [2.05, 4.69) is 5.10 Å². The number of nitrogens with zero attached hydrogens (tertiary/aromatic N) is 3. The van der Waals surface area contributed by atoms with Crippen LogP contribution >= 0.6 is 0 Å². The second-order valence-corrected chi connectivity index (χ2v) is 5.36. The molecule has 0 aliphatic heterocycles. The first-order chi connectivity index (χ1) is 7.78. The third-order valence-corrected chi connectivity index (χ3v) is 4.06. The van der Waals surface area contributed by atoms with E-state index in [9.17, 15) is 13.2 Å². The lowest BCUT2D eigenvalue weighted by molar-refractivity contribution is -0.118. The van der Waals surface area contributed by atoms with Crippen LogP contribution in [0.1, 0.15) is 6.92 Å². The number of likely N-dealkylation sites (N-methyl/N-ethyl adjacent to an activating group) is 1. The Morgan fingerprint density at radius 3 is 2.53 bits per heavy atom. The van der Waals surface area contributed by atoms with E-state index in [1.165, 1.54) is 10.9 Å². The molecular formula is C8H15N5O3S. The zero-order chi connectivity index (χ0) is 13.2. The SMILES string of the molecule is CCN(CC(N)=O)S(=O)(=O)c1cn(C)nc1N. The van der Waals surface area contributed by atoms with Crippen molar-refractivity contribution in [2.24, 2.45) is 12.8 Å². The van der Waals surface area contributed by atoms with Gasteiger partial charge in [0.25, 0.3) is 0 Å². The Hall–Kier alpha value is -1.61. The number of hydrogen-bond acceptors (Lipinski definition) is 5. The van der Waals surface area contributed by atoms with Crippen LogP contribution < -0.4 is 11.5 Å². The normalized spacial score (nSPS) is 11.9. The molecule has 0 atom stereocenters. The van der Waals surface area contributed by atoms with Gasteiger partial charge in [-0.2, -0.15) is 9.40 Å². The minimum absolute atomic E-state index is 0.101. The standard InChI is InChI=1S/C8H15N5O3S/c1-3-13(5-7(9)14)17(15,16)6-4-12(2)11-8(6)10/h4H,3,5H2,1-2H3,(H2,9,14)(H2,10,11). The molecule has 0 bridgehead atoms. The van der Waals surface area contributed by atoms with E-state index in [0.29, 0.717) is 0 Å². The van der Waals surface area contributed by atoms with Gasteiger partial charge in [-0.25, -0.2) is 8.42 Å². The zero-order valence-electron chi connectivity index (χ0n) is 9.62. The van der Waals surface area contributed by atoms with E-state index in [4.69, 9.17) is 11.5 Å². The quantitative estimate of drug-likeness (QED) is 0.667. The molecule has 0 spiro atoms. The predicted molar refractivity (Wildman–Crippen MR) is 61.2 cm³/mol. The Labute approximate surface area is 99.2 Å². The highest BCUT2D eigenvalue weighted by molar-refractivity contribution is 7.89. The molecule has 9 heteroatoms. The van der Waals surface area contributed by atoms with Crippen molar-refractivity contribution >= 4 is 21.7 Å². The van der Waals surface area contributed by atoms with E-state index in [1.807, 2.05) is 0 Å². The van der Waals surface area contributed by atoms with Crippen LogP contribution in [0.3, 0.4) is 0 Å². The van der Waals surface area contributed by atoms with Crippen molar-refractivity contribution in [2.45, 2.75) is 11.8 Å². The van der Waals surface area contributed by atoms with Gasteiger partial charge in [-0.05, 0) is 0 Å².